The first-order valence-electron chi connectivity index (χ1n) is 14.5. The fourth-order valence-corrected chi connectivity index (χ4v) is 7.08. The topological polar surface area (TPSA) is 145 Å². The zero-order valence-corrected chi connectivity index (χ0v) is 26.8. The van der Waals surface area contributed by atoms with Crippen LogP contribution in [0.5, 0.6) is 0 Å². The maximum atomic E-state index is 13.9. The number of amidine groups is 1. The third kappa shape index (κ3) is 8.59. The lowest BCUT2D eigenvalue weighted by Gasteiger charge is -2.34. The Morgan fingerprint density at radius 1 is 1.05 bits per heavy atom. The van der Waals surface area contributed by atoms with E-state index >= 15 is 0 Å². The number of carbonyl (C=O) groups is 2. The molecule has 0 unspecified atom stereocenters. The number of carbonyl (C=O) groups excluding carboxylic acids is 2. The molecule has 3 aromatic rings. The first-order valence-corrected chi connectivity index (χ1v) is 16.7. The normalized spacial score (nSPS) is 14.7. The van der Waals surface area contributed by atoms with Crippen LogP contribution in [-0.4, -0.2) is 57.1 Å². The predicted octanol–water partition coefficient (Wildman–Crippen LogP) is 4.99. The van der Waals surface area contributed by atoms with E-state index < -0.39 is 16.1 Å². The highest BCUT2D eigenvalue weighted by molar-refractivity contribution is 7.89. The molecule has 1 fully saturated rings. The smallest absolute Gasteiger partial charge is 0.241 e. The Bertz CT molecular complexity index is 1620. The molecule has 1 saturated heterocycles. The molecule has 0 aliphatic carbocycles. The second-order valence-corrected chi connectivity index (χ2v) is 13.5. The van der Waals surface area contributed by atoms with Crippen LogP contribution in [0.15, 0.2) is 71.6 Å². The molecule has 1 aliphatic heterocycles. The summed E-state index contributed by atoms with van der Waals surface area (Å²) in [6.45, 7) is 0.996. The van der Waals surface area contributed by atoms with E-state index in [0.717, 1.165) is 25.7 Å². The largest absolute Gasteiger partial charge is 0.384 e. The molecule has 0 bridgehead atoms. The number of nitrogens with one attached hydrogen (secondary N) is 3. The average molecular weight is 659 g/mol. The van der Waals surface area contributed by atoms with Crippen LogP contribution < -0.4 is 15.8 Å². The quantitative estimate of drug-likeness (QED) is 0.160. The third-order valence-electron chi connectivity index (χ3n) is 7.90. The van der Waals surface area contributed by atoms with Crippen LogP contribution >= 0.6 is 23.2 Å². The summed E-state index contributed by atoms with van der Waals surface area (Å²) in [7, 11) is -2.53. The molecule has 4 rings (SSSR count). The number of nitrogen functional groups attached to an aromatic ring is 1. The number of hydrogen-bond donors (Lipinski definition) is 4. The molecule has 12 heteroatoms. The zero-order valence-electron chi connectivity index (χ0n) is 24.5. The number of sulfonamides is 1. The van der Waals surface area contributed by atoms with Crippen molar-refractivity contribution in [2.75, 3.05) is 20.1 Å². The van der Waals surface area contributed by atoms with Gasteiger partial charge in [-0.2, -0.15) is 4.72 Å². The molecule has 2 amide bonds. The van der Waals surface area contributed by atoms with E-state index in [1.54, 1.807) is 66.5 Å². The van der Waals surface area contributed by atoms with Crippen LogP contribution in [0, 0.1) is 11.3 Å². The van der Waals surface area contributed by atoms with E-state index in [-0.39, 0.29) is 29.0 Å². The van der Waals surface area contributed by atoms with Crippen LogP contribution in [0.1, 0.15) is 43.2 Å². The van der Waals surface area contributed by atoms with Crippen LogP contribution in [0.4, 0.5) is 0 Å². The molecular weight excluding hydrogens is 621 g/mol. The van der Waals surface area contributed by atoms with Gasteiger partial charge in [-0.3, -0.25) is 15.0 Å². The van der Waals surface area contributed by atoms with Gasteiger partial charge in [0.1, 0.15) is 11.9 Å². The van der Waals surface area contributed by atoms with Crippen molar-refractivity contribution in [3.63, 3.8) is 0 Å². The van der Waals surface area contributed by atoms with E-state index in [2.05, 4.69) is 10.0 Å². The summed E-state index contributed by atoms with van der Waals surface area (Å²) >= 11 is 12.6. The summed E-state index contributed by atoms with van der Waals surface area (Å²) in [6.07, 6.45) is 3.79. The van der Waals surface area contributed by atoms with Gasteiger partial charge in [0, 0.05) is 37.7 Å². The number of piperidine rings is 1. The maximum Gasteiger partial charge on any atom is 0.241 e. The molecule has 0 saturated carbocycles. The third-order valence-corrected chi connectivity index (χ3v) is 10.2. The molecule has 1 aliphatic rings. The van der Waals surface area contributed by atoms with Gasteiger partial charge in [-0.15, -0.1) is 0 Å². The molecule has 1 atom stereocenters. The molecule has 0 radical (unpaired) electrons. The Balaban J connectivity index is 1.55. The molecule has 44 heavy (non-hydrogen) atoms. The van der Waals surface area contributed by atoms with Gasteiger partial charge < -0.3 is 16.0 Å². The molecule has 0 spiro atoms. The van der Waals surface area contributed by atoms with E-state index in [1.807, 2.05) is 0 Å². The number of likely N-dealkylation sites (tertiary alicyclic amines) is 1. The van der Waals surface area contributed by atoms with Gasteiger partial charge in [0.2, 0.25) is 21.8 Å². The Kier molecular flexibility index (Phi) is 11.4. The Hall–Kier alpha value is -3.44. The fraction of sp³-hybridized carbons (Fsp3) is 0.344. The highest BCUT2D eigenvalue weighted by atomic mass is 35.5. The van der Waals surface area contributed by atoms with Gasteiger partial charge in [0.05, 0.1) is 14.9 Å². The Morgan fingerprint density at radius 2 is 1.75 bits per heavy atom. The Morgan fingerprint density at radius 3 is 2.45 bits per heavy atom. The number of rotatable bonds is 12. The first kappa shape index (κ1) is 33.5. The van der Waals surface area contributed by atoms with Gasteiger partial charge in [-0.05, 0) is 73.4 Å². The summed E-state index contributed by atoms with van der Waals surface area (Å²) in [5, 5.41) is 11.1. The van der Waals surface area contributed by atoms with Crippen molar-refractivity contribution >= 4 is 50.9 Å². The minimum Gasteiger partial charge on any atom is -0.384 e. The van der Waals surface area contributed by atoms with Crippen molar-refractivity contribution in [3.05, 3.63) is 87.9 Å². The summed E-state index contributed by atoms with van der Waals surface area (Å²) < 4.78 is 30.2. The van der Waals surface area contributed by atoms with E-state index in [9.17, 15) is 18.0 Å². The van der Waals surface area contributed by atoms with Crippen molar-refractivity contribution < 1.29 is 18.0 Å². The molecular formula is C32H37Cl2N5O4S. The molecule has 0 aromatic heterocycles. The monoisotopic (exact) mass is 657 g/mol. The van der Waals surface area contributed by atoms with E-state index in [4.69, 9.17) is 34.3 Å². The number of amides is 2. The van der Waals surface area contributed by atoms with Gasteiger partial charge in [0.15, 0.2) is 0 Å². The summed E-state index contributed by atoms with van der Waals surface area (Å²) in [5.74, 6) is -0.0279. The zero-order chi connectivity index (χ0) is 31.9. The van der Waals surface area contributed by atoms with Crippen LogP contribution in [-0.2, 0) is 26.0 Å². The van der Waals surface area contributed by atoms with Gasteiger partial charge in [-0.25, -0.2) is 8.42 Å². The van der Waals surface area contributed by atoms with Crippen molar-refractivity contribution in [1.82, 2.24) is 14.9 Å². The van der Waals surface area contributed by atoms with Gasteiger partial charge in [-0.1, -0.05) is 65.7 Å². The number of hydrogen-bond acceptors (Lipinski definition) is 5. The lowest BCUT2D eigenvalue weighted by molar-refractivity contribution is -0.134. The Labute approximate surface area is 268 Å². The molecule has 234 valence electrons. The highest BCUT2D eigenvalue weighted by Crippen LogP contribution is 2.34. The minimum absolute atomic E-state index is 0.0165. The van der Waals surface area contributed by atoms with Gasteiger partial charge >= 0.3 is 0 Å². The van der Waals surface area contributed by atoms with Crippen LogP contribution in [0.3, 0.4) is 0 Å². The molecule has 3 aromatic carbocycles. The molecule has 1 heterocycles. The summed E-state index contributed by atoms with van der Waals surface area (Å²) in [4.78, 5) is 27.2. The van der Waals surface area contributed by atoms with Crippen molar-refractivity contribution in [1.29, 1.82) is 5.41 Å². The van der Waals surface area contributed by atoms with E-state index in [0.29, 0.717) is 57.7 Å². The molecule has 5 N–H and O–H groups in total. The van der Waals surface area contributed by atoms with Crippen LogP contribution in [0.2, 0.25) is 10.0 Å². The van der Waals surface area contributed by atoms with Crippen molar-refractivity contribution in [3.8, 4) is 11.1 Å². The summed E-state index contributed by atoms with van der Waals surface area (Å²) in [6, 6.07) is 17.3. The predicted molar refractivity (Wildman–Crippen MR) is 174 cm³/mol. The average Bonchev–Trinajstić information content (AvgIpc) is 3.02. The second kappa shape index (κ2) is 15.0. The number of halogens is 2. The van der Waals surface area contributed by atoms with Crippen LogP contribution in [0.25, 0.3) is 11.1 Å². The number of nitrogens with two attached hydrogens (primary N) is 1. The van der Waals surface area contributed by atoms with Crippen molar-refractivity contribution in [2.24, 2.45) is 11.7 Å². The molecule has 9 nitrogen and oxygen atoms in total. The minimum atomic E-state index is -4.16. The standard InChI is InChI=1S/C32H37Cl2N5O4S/c1-37-29(40)13-3-6-21-14-16-39(17-15-21)32(41)28(19-22-7-2-9-24(18-22)31(35)36)38-44(42,43)25-10-4-8-23(20-25)26-11-5-12-27(33)30(26)34/h2,4-5,7-12,18,20-21,28,38H,3,6,13-17,19H2,1H3,(H3,35,36)(H,37,40)/t28-/m0/s1. The second-order valence-electron chi connectivity index (χ2n) is 11.0. The summed E-state index contributed by atoms with van der Waals surface area (Å²) in [5.41, 5.74) is 7.99. The lowest BCUT2D eigenvalue weighted by atomic mass is 9.91. The van der Waals surface area contributed by atoms with E-state index in [1.165, 1.54) is 12.1 Å². The SMILES string of the molecule is CNC(=O)CCCC1CCN(C(=O)[C@H](Cc2cccc(C(=N)N)c2)NS(=O)(=O)c2cccc(-c3cccc(Cl)c3Cl)c2)CC1. The fourth-order valence-electron chi connectivity index (χ4n) is 5.43. The number of benzene rings is 3. The first-order chi connectivity index (χ1) is 21.0. The maximum absolute atomic E-state index is 13.9. The lowest BCUT2D eigenvalue weighted by Crippen LogP contribution is -2.51. The number of nitrogens with zero attached hydrogens (tertiary/aromatic N) is 1. The van der Waals surface area contributed by atoms with Crippen molar-refractivity contribution in [2.45, 2.75) is 49.5 Å². The highest BCUT2D eigenvalue weighted by Gasteiger charge is 2.32. The van der Waals surface area contributed by atoms with Gasteiger partial charge in [0.25, 0.3) is 0 Å².